The summed E-state index contributed by atoms with van der Waals surface area (Å²) < 4.78 is 0. The van der Waals surface area contributed by atoms with E-state index in [0.717, 1.165) is 11.1 Å². The molecule has 1 saturated carbocycles. The van der Waals surface area contributed by atoms with E-state index in [1.807, 2.05) is 24.3 Å². The lowest BCUT2D eigenvalue weighted by Gasteiger charge is -2.09. The zero-order chi connectivity index (χ0) is 13.9. The fourth-order valence-corrected chi connectivity index (χ4v) is 1.96. The maximum Gasteiger partial charge on any atom is 0.314 e. The molecule has 0 spiro atoms. The van der Waals surface area contributed by atoms with Crippen molar-refractivity contribution >= 4 is 11.9 Å². The van der Waals surface area contributed by atoms with Gasteiger partial charge in [-0.2, -0.15) is 0 Å². The number of carbonyl (C=O) groups excluding carboxylic acids is 1. The Morgan fingerprint density at radius 1 is 1.42 bits per heavy atom. The zero-order valence-corrected chi connectivity index (χ0v) is 10.7. The van der Waals surface area contributed by atoms with Gasteiger partial charge in [-0.25, -0.2) is 0 Å². The molecule has 1 aromatic rings. The van der Waals surface area contributed by atoms with Crippen molar-refractivity contribution in [3.63, 3.8) is 0 Å². The molecular weight excluding hydrogens is 242 g/mol. The minimum atomic E-state index is -0.768. The molecule has 4 heteroatoms. The molecule has 1 aromatic carbocycles. The van der Waals surface area contributed by atoms with Gasteiger partial charge in [-0.1, -0.05) is 24.0 Å². The molecule has 0 saturated heterocycles. The second kappa shape index (κ2) is 5.15. The molecule has 1 amide bonds. The molecule has 2 N–H and O–H groups in total. The highest BCUT2D eigenvalue weighted by molar-refractivity contribution is 5.85. The van der Waals surface area contributed by atoms with Gasteiger partial charge in [0.25, 0.3) is 0 Å². The Kier molecular flexibility index (Phi) is 3.57. The molecule has 0 bridgehead atoms. The van der Waals surface area contributed by atoms with Crippen molar-refractivity contribution in [2.24, 2.45) is 0 Å². The third-order valence-corrected chi connectivity index (χ3v) is 3.23. The third kappa shape index (κ3) is 2.94. The molecule has 0 atom stereocenters. The molecule has 4 nitrogen and oxygen atoms in total. The topological polar surface area (TPSA) is 66.4 Å². The van der Waals surface area contributed by atoms with E-state index in [4.69, 9.17) is 0 Å². The highest BCUT2D eigenvalue weighted by Gasteiger charge is 2.51. The highest BCUT2D eigenvalue weighted by atomic mass is 16.4. The predicted octanol–water partition coefficient (Wildman–Crippen LogP) is 1.29. The average Bonchev–Trinajstić information content (AvgIpc) is 3.16. The highest BCUT2D eigenvalue weighted by Crippen LogP contribution is 2.48. The lowest BCUT2D eigenvalue weighted by Crippen LogP contribution is -2.19. The minimum absolute atomic E-state index is 0.120. The molecule has 0 heterocycles. The number of nitrogens with one attached hydrogen (secondary N) is 1. The second-order valence-corrected chi connectivity index (χ2v) is 4.68. The number of hydrogen-bond donors (Lipinski definition) is 2. The molecule has 2 rings (SSSR count). The van der Waals surface area contributed by atoms with Gasteiger partial charge < -0.3 is 10.4 Å². The van der Waals surface area contributed by atoms with Crippen molar-refractivity contribution in [3.8, 4) is 11.8 Å². The van der Waals surface area contributed by atoms with E-state index in [1.54, 1.807) is 0 Å². The monoisotopic (exact) mass is 257 g/mol. The number of carboxylic acids is 1. The fourth-order valence-electron chi connectivity index (χ4n) is 1.96. The molecule has 1 fully saturated rings. The molecular formula is C15H15NO3. The van der Waals surface area contributed by atoms with Gasteiger partial charge in [-0.05, 0) is 30.5 Å². The smallest absolute Gasteiger partial charge is 0.314 e. The van der Waals surface area contributed by atoms with Gasteiger partial charge in [0.15, 0.2) is 0 Å². The van der Waals surface area contributed by atoms with E-state index < -0.39 is 11.4 Å². The number of carbonyl (C=O) groups is 2. The van der Waals surface area contributed by atoms with E-state index in [0.29, 0.717) is 19.4 Å². The van der Waals surface area contributed by atoms with Gasteiger partial charge in [0, 0.05) is 12.5 Å². The summed E-state index contributed by atoms with van der Waals surface area (Å²) >= 11 is 0. The van der Waals surface area contributed by atoms with Crippen molar-refractivity contribution < 1.29 is 14.7 Å². The maximum atomic E-state index is 11.2. The van der Waals surface area contributed by atoms with Crippen LogP contribution in [0.1, 0.15) is 30.9 Å². The van der Waals surface area contributed by atoms with Gasteiger partial charge in [-0.15, -0.1) is 0 Å². The summed E-state index contributed by atoms with van der Waals surface area (Å²) in [4.78, 5) is 21.9. The van der Waals surface area contributed by atoms with Gasteiger partial charge in [0.1, 0.15) is 0 Å². The van der Waals surface area contributed by atoms with Crippen LogP contribution >= 0.6 is 0 Å². The molecule has 0 aromatic heterocycles. The Morgan fingerprint density at radius 2 is 2.16 bits per heavy atom. The number of amides is 1. The normalized spacial score (nSPS) is 15.0. The lowest BCUT2D eigenvalue weighted by atomic mass is 9.95. The summed E-state index contributed by atoms with van der Waals surface area (Å²) in [7, 11) is 0. The number of benzene rings is 1. The number of rotatable bonds is 3. The summed E-state index contributed by atoms with van der Waals surface area (Å²) in [6.07, 6.45) is 1.37. The van der Waals surface area contributed by atoms with Crippen molar-refractivity contribution in [1.29, 1.82) is 0 Å². The van der Waals surface area contributed by atoms with E-state index in [-0.39, 0.29) is 5.91 Å². The van der Waals surface area contributed by atoms with Crippen LogP contribution in [-0.2, 0) is 15.0 Å². The molecule has 98 valence electrons. The molecule has 0 radical (unpaired) electrons. The summed E-state index contributed by atoms with van der Waals surface area (Å²) in [6.45, 7) is 1.73. The maximum absolute atomic E-state index is 11.2. The zero-order valence-electron chi connectivity index (χ0n) is 10.7. The van der Waals surface area contributed by atoms with Crippen LogP contribution in [0.3, 0.4) is 0 Å². The van der Waals surface area contributed by atoms with Crippen molar-refractivity contribution in [2.45, 2.75) is 25.2 Å². The Bertz CT molecular complexity index is 577. The van der Waals surface area contributed by atoms with Crippen molar-refractivity contribution in [3.05, 3.63) is 35.4 Å². The summed E-state index contributed by atoms with van der Waals surface area (Å²) in [6, 6.07) is 7.31. The first-order valence-electron chi connectivity index (χ1n) is 6.12. The molecule has 1 aliphatic carbocycles. The minimum Gasteiger partial charge on any atom is -0.481 e. The number of aliphatic carboxylic acids is 1. The predicted molar refractivity (Wildman–Crippen MR) is 70.6 cm³/mol. The van der Waals surface area contributed by atoms with Crippen LogP contribution in [0.2, 0.25) is 0 Å². The van der Waals surface area contributed by atoms with Crippen LogP contribution in [0.5, 0.6) is 0 Å². The van der Waals surface area contributed by atoms with Crippen LogP contribution in [-0.4, -0.2) is 23.5 Å². The first-order valence-corrected chi connectivity index (χ1v) is 6.12. The largest absolute Gasteiger partial charge is 0.481 e. The number of hydrogen-bond acceptors (Lipinski definition) is 2. The fraction of sp³-hybridized carbons (Fsp3) is 0.333. The SMILES string of the molecule is CC(=O)NCC#Cc1cccc(C2(C(=O)O)CC2)c1. The van der Waals surface area contributed by atoms with E-state index in [2.05, 4.69) is 17.2 Å². The lowest BCUT2D eigenvalue weighted by molar-refractivity contribution is -0.140. The second-order valence-electron chi connectivity index (χ2n) is 4.68. The van der Waals surface area contributed by atoms with Gasteiger partial charge in [-0.3, -0.25) is 9.59 Å². The van der Waals surface area contributed by atoms with Crippen molar-refractivity contribution in [2.75, 3.05) is 6.54 Å². The molecule has 0 unspecified atom stereocenters. The Balaban J connectivity index is 2.12. The first-order chi connectivity index (χ1) is 9.04. The van der Waals surface area contributed by atoms with Crippen LogP contribution in [0.4, 0.5) is 0 Å². The van der Waals surface area contributed by atoms with Gasteiger partial charge in [0.2, 0.25) is 5.91 Å². The first kappa shape index (κ1) is 13.2. The van der Waals surface area contributed by atoms with Gasteiger partial charge in [0.05, 0.1) is 12.0 Å². The summed E-state index contributed by atoms with van der Waals surface area (Å²) in [5.74, 6) is 4.87. The molecule has 0 aliphatic heterocycles. The van der Waals surface area contributed by atoms with E-state index in [9.17, 15) is 14.7 Å². The quantitative estimate of drug-likeness (QED) is 0.802. The van der Waals surface area contributed by atoms with E-state index in [1.165, 1.54) is 6.92 Å². The molecule has 1 aliphatic rings. The van der Waals surface area contributed by atoms with Crippen LogP contribution in [0, 0.1) is 11.8 Å². The summed E-state index contributed by atoms with van der Waals surface area (Å²) in [5, 5.41) is 11.8. The third-order valence-electron chi connectivity index (χ3n) is 3.23. The Morgan fingerprint density at radius 3 is 2.74 bits per heavy atom. The van der Waals surface area contributed by atoms with Crippen LogP contribution < -0.4 is 5.32 Å². The van der Waals surface area contributed by atoms with Crippen LogP contribution in [0.25, 0.3) is 0 Å². The van der Waals surface area contributed by atoms with Crippen LogP contribution in [0.15, 0.2) is 24.3 Å². The Hall–Kier alpha value is -2.28. The molecule has 19 heavy (non-hydrogen) atoms. The van der Waals surface area contributed by atoms with Crippen molar-refractivity contribution in [1.82, 2.24) is 5.32 Å². The van der Waals surface area contributed by atoms with E-state index >= 15 is 0 Å². The summed E-state index contributed by atoms with van der Waals surface area (Å²) in [5.41, 5.74) is 0.886. The average molecular weight is 257 g/mol. The number of carboxylic acid groups (broad SMARTS) is 1. The standard InChI is InChI=1S/C15H15NO3/c1-11(17)16-9-3-5-12-4-2-6-13(10-12)15(7-8-15)14(18)19/h2,4,6,10H,7-9H2,1H3,(H,16,17)(H,18,19). The van der Waals surface area contributed by atoms with Gasteiger partial charge >= 0.3 is 5.97 Å². The Labute approximate surface area is 111 Å².